The number of piperidine rings is 1. The van der Waals surface area contributed by atoms with Gasteiger partial charge in [-0.2, -0.15) is 5.10 Å². The summed E-state index contributed by atoms with van der Waals surface area (Å²) >= 11 is 0. The summed E-state index contributed by atoms with van der Waals surface area (Å²) in [7, 11) is 0. The molecule has 0 radical (unpaired) electrons. The lowest BCUT2D eigenvalue weighted by molar-refractivity contribution is 0.0396. The van der Waals surface area contributed by atoms with Crippen LogP contribution in [0, 0.1) is 12.8 Å². The minimum absolute atomic E-state index is 0.0533. The van der Waals surface area contributed by atoms with E-state index in [1.807, 2.05) is 16.7 Å². The van der Waals surface area contributed by atoms with Crippen molar-refractivity contribution in [1.29, 1.82) is 0 Å². The number of carbonyl (C=O) groups excluding carboxylic acids is 1. The van der Waals surface area contributed by atoms with Crippen LogP contribution in [0.15, 0.2) is 16.9 Å². The number of carbonyl (C=O) groups is 1. The number of hydrogen-bond acceptors (Lipinski definition) is 4. The maximum atomic E-state index is 12.4. The van der Waals surface area contributed by atoms with E-state index in [4.69, 9.17) is 4.74 Å². The molecule has 2 saturated heterocycles. The van der Waals surface area contributed by atoms with Crippen molar-refractivity contribution in [2.75, 3.05) is 39.4 Å². The van der Waals surface area contributed by atoms with Crippen molar-refractivity contribution in [2.45, 2.75) is 26.3 Å². The highest BCUT2D eigenvalue weighted by molar-refractivity contribution is 5.74. The van der Waals surface area contributed by atoms with Gasteiger partial charge in [-0.05, 0) is 31.7 Å². The Kier molecular flexibility index (Phi) is 4.95. The zero-order chi connectivity index (χ0) is 16.2. The van der Waals surface area contributed by atoms with Crippen molar-refractivity contribution in [3.05, 3.63) is 28.2 Å². The van der Waals surface area contributed by atoms with Gasteiger partial charge in [0.1, 0.15) is 0 Å². The molecule has 0 atom stereocenters. The second-order valence-corrected chi connectivity index (χ2v) is 6.31. The lowest BCUT2D eigenvalue weighted by Gasteiger charge is -2.37. The van der Waals surface area contributed by atoms with Gasteiger partial charge in [0.05, 0.1) is 18.9 Å². The molecule has 0 aromatic carbocycles. The topological polar surface area (TPSA) is 67.7 Å². The maximum absolute atomic E-state index is 12.4. The van der Waals surface area contributed by atoms with Gasteiger partial charge < -0.3 is 14.5 Å². The number of nitrogens with zero attached hydrogens (tertiary/aromatic N) is 4. The Bertz CT molecular complexity index is 602. The van der Waals surface area contributed by atoms with E-state index in [0.717, 1.165) is 31.6 Å². The van der Waals surface area contributed by atoms with Crippen molar-refractivity contribution >= 4 is 6.03 Å². The molecule has 0 unspecified atom stereocenters. The lowest BCUT2D eigenvalue weighted by Crippen LogP contribution is -2.50. The molecule has 2 fully saturated rings. The Labute approximate surface area is 135 Å². The first-order valence-corrected chi connectivity index (χ1v) is 8.30. The fourth-order valence-corrected chi connectivity index (χ4v) is 3.19. The average molecular weight is 320 g/mol. The van der Waals surface area contributed by atoms with Crippen molar-refractivity contribution in [1.82, 2.24) is 19.6 Å². The largest absolute Gasteiger partial charge is 0.378 e. The summed E-state index contributed by atoms with van der Waals surface area (Å²) in [6.07, 6.45) is 1.83. The molecule has 2 aliphatic heterocycles. The third kappa shape index (κ3) is 3.90. The van der Waals surface area contributed by atoms with Crippen LogP contribution in [0.25, 0.3) is 0 Å². The maximum Gasteiger partial charge on any atom is 0.320 e. The van der Waals surface area contributed by atoms with Crippen LogP contribution in [0.5, 0.6) is 0 Å². The molecule has 3 heterocycles. The summed E-state index contributed by atoms with van der Waals surface area (Å²) in [5.41, 5.74) is 0.798. The van der Waals surface area contributed by atoms with E-state index in [0.29, 0.717) is 38.8 Å². The summed E-state index contributed by atoms with van der Waals surface area (Å²) in [5.74, 6) is 0.399. The zero-order valence-corrected chi connectivity index (χ0v) is 13.6. The van der Waals surface area contributed by atoms with Crippen LogP contribution in [-0.4, -0.2) is 65.0 Å². The number of rotatable bonds is 2. The number of aryl methyl sites for hydroxylation is 1. The number of morpholine rings is 1. The molecule has 7 nitrogen and oxygen atoms in total. The van der Waals surface area contributed by atoms with E-state index in [1.54, 1.807) is 16.8 Å². The van der Waals surface area contributed by atoms with E-state index in [1.165, 1.54) is 0 Å². The molecule has 0 bridgehead atoms. The Morgan fingerprint density at radius 1 is 1.17 bits per heavy atom. The highest BCUT2D eigenvalue weighted by Gasteiger charge is 2.27. The molecule has 7 heteroatoms. The van der Waals surface area contributed by atoms with E-state index < -0.39 is 0 Å². The third-order valence-electron chi connectivity index (χ3n) is 4.60. The highest BCUT2D eigenvalue weighted by Crippen LogP contribution is 2.19. The molecule has 0 N–H and O–H groups in total. The van der Waals surface area contributed by atoms with E-state index >= 15 is 0 Å². The molecule has 126 valence electrons. The van der Waals surface area contributed by atoms with Crippen LogP contribution in [0.4, 0.5) is 4.79 Å². The molecule has 0 aliphatic carbocycles. The van der Waals surface area contributed by atoms with Gasteiger partial charge in [0, 0.05) is 38.8 Å². The molecular formula is C16H24N4O3. The van der Waals surface area contributed by atoms with Crippen LogP contribution in [0.2, 0.25) is 0 Å². The SMILES string of the molecule is Cc1ccc(=O)n(CC2CCN(C(=O)N3CCOCC3)CC2)n1. The van der Waals surface area contributed by atoms with Crippen LogP contribution in [0.3, 0.4) is 0 Å². The fourth-order valence-electron chi connectivity index (χ4n) is 3.19. The lowest BCUT2D eigenvalue weighted by atomic mass is 9.97. The third-order valence-corrected chi connectivity index (χ3v) is 4.60. The number of amides is 2. The number of likely N-dealkylation sites (tertiary alicyclic amines) is 1. The molecule has 3 rings (SSSR count). The Morgan fingerprint density at radius 3 is 2.52 bits per heavy atom. The molecule has 2 amide bonds. The molecule has 23 heavy (non-hydrogen) atoms. The van der Waals surface area contributed by atoms with Crippen LogP contribution in [0.1, 0.15) is 18.5 Å². The van der Waals surface area contributed by atoms with Gasteiger partial charge in [-0.15, -0.1) is 0 Å². The second-order valence-electron chi connectivity index (χ2n) is 6.31. The molecular weight excluding hydrogens is 296 g/mol. The van der Waals surface area contributed by atoms with Crippen molar-refractivity contribution in [3.63, 3.8) is 0 Å². The van der Waals surface area contributed by atoms with E-state index in [9.17, 15) is 9.59 Å². The first-order valence-electron chi connectivity index (χ1n) is 8.30. The number of ether oxygens (including phenoxy) is 1. The van der Waals surface area contributed by atoms with Crippen LogP contribution in [-0.2, 0) is 11.3 Å². The Morgan fingerprint density at radius 2 is 1.83 bits per heavy atom. The first-order chi connectivity index (χ1) is 11.1. The van der Waals surface area contributed by atoms with Gasteiger partial charge in [-0.25, -0.2) is 9.48 Å². The summed E-state index contributed by atoms with van der Waals surface area (Å²) in [6, 6.07) is 3.43. The molecule has 1 aromatic heterocycles. The minimum Gasteiger partial charge on any atom is -0.378 e. The number of urea groups is 1. The fraction of sp³-hybridized carbons (Fsp3) is 0.688. The predicted molar refractivity (Wildman–Crippen MR) is 85.3 cm³/mol. The summed E-state index contributed by atoms with van der Waals surface area (Å²) in [4.78, 5) is 28.1. The van der Waals surface area contributed by atoms with Gasteiger partial charge in [0.2, 0.25) is 0 Å². The van der Waals surface area contributed by atoms with Crippen molar-refractivity contribution < 1.29 is 9.53 Å². The van der Waals surface area contributed by atoms with Crippen LogP contribution < -0.4 is 5.56 Å². The molecule has 2 aliphatic rings. The predicted octanol–water partition coefficient (Wildman–Crippen LogP) is 0.716. The number of aromatic nitrogens is 2. The monoisotopic (exact) mass is 320 g/mol. The quantitative estimate of drug-likeness (QED) is 0.805. The van der Waals surface area contributed by atoms with E-state index in [-0.39, 0.29) is 11.6 Å². The van der Waals surface area contributed by atoms with E-state index in [2.05, 4.69) is 5.10 Å². The normalized spacial score (nSPS) is 19.9. The highest BCUT2D eigenvalue weighted by atomic mass is 16.5. The van der Waals surface area contributed by atoms with Crippen LogP contribution >= 0.6 is 0 Å². The minimum atomic E-state index is -0.0533. The van der Waals surface area contributed by atoms with Gasteiger partial charge in [0.25, 0.3) is 5.56 Å². The molecule has 0 spiro atoms. The smallest absolute Gasteiger partial charge is 0.320 e. The van der Waals surface area contributed by atoms with Crippen molar-refractivity contribution in [3.8, 4) is 0 Å². The summed E-state index contributed by atoms with van der Waals surface area (Å²) in [6.45, 7) is 6.65. The Balaban J connectivity index is 1.53. The van der Waals surface area contributed by atoms with Gasteiger partial charge >= 0.3 is 6.03 Å². The zero-order valence-electron chi connectivity index (χ0n) is 13.6. The average Bonchev–Trinajstić information content (AvgIpc) is 2.59. The van der Waals surface area contributed by atoms with Gasteiger partial charge in [-0.3, -0.25) is 4.79 Å². The first kappa shape index (κ1) is 16.0. The standard InChI is InChI=1S/C16H24N4O3/c1-13-2-3-15(21)20(17-13)12-14-4-6-18(7-5-14)16(22)19-8-10-23-11-9-19/h2-3,14H,4-12H2,1H3. The summed E-state index contributed by atoms with van der Waals surface area (Å²) in [5, 5.41) is 4.30. The Hall–Kier alpha value is -1.89. The van der Waals surface area contributed by atoms with Crippen molar-refractivity contribution in [2.24, 2.45) is 5.92 Å². The second kappa shape index (κ2) is 7.12. The van der Waals surface area contributed by atoms with Gasteiger partial charge in [-0.1, -0.05) is 0 Å². The molecule has 1 aromatic rings. The molecule has 0 saturated carbocycles. The summed E-state index contributed by atoms with van der Waals surface area (Å²) < 4.78 is 6.84. The number of hydrogen-bond donors (Lipinski definition) is 0. The van der Waals surface area contributed by atoms with Gasteiger partial charge in [0.15, 0.2) is 0 Å².